The number of fused-ring (bicyclic) bond motifs is 2. The van der Waals surface area contributed by atoms with Crippen molar-refractivity contribution in [3.63, 3.8) is 0 Å². The summed E-state index contributed by atoms with van der Waals surface area (Å²) in [6.45, 7) is 3.60. The average molecular weight is 230 g/mol. The number of hydrogen-bond donors (Lipinski definition) is 0. The molecule has 0 unspecified atom stereocenters. The van der Waals surface area contributed by atoms with Crippen molar-refractivity contribution in [2.45, 2.75) is 38.0 Å². The molecule has 2 nitrogen and oxygen atoms in total. The molecule has 2 heteroatoms. The molecule has 1 aliphatic heterocycles. The SMILES string of the molecule is Cc1cccc2c1CCC(=O)C21CCOCC1. The van der Waals surface area contributed by atoms with Gasteiger partial charge >= 0.3 is 0 Å². The van der Waals surface area contributed by atoms with E-state index < -0.39 is 0 Å². The van der Waals surface area contributed by atoms with Crippen molar-refractivity contribution in [3.8, 4) is 0 Å². The van der Waals surface area contributed by atoms with Crippen LogP contribution in [0.15, 0.2) is 18.2 Å². The normalized spacial score (nSPS) is 22.5. The second-order valence-electron chi connectivity index (χ2n) is 5.22. The molecule has 17 heavy (non-hydrogen) atoms. The smallest absolute Gasteiger partial charge is 0.143 e. The summed E-state index contributed by atoms with van der Waals surface area (Å²) < 4.78 is 5.44. The zero-order chi connectivity index (χ0) is 11.9. The molecular formula is C15H18O2. The predicted octanol–water partition coefficient (Wildman–Crippen LogP) is 2.56. The van der Waals surface area contributed by atoms with E-state index >= 15 is 0 Å². The van der Waals surface area contributed by atoms with Crippen molar-refractivity contribution < 1.29 is 9.53 Å². The Morgan fingerprint density at radius 2 is 1.94 bits per heavy atom. The highest BCUT2D eigenvalue weighted by molar-refractivity contribution is 5.92. The van der Waals surface area contributed by atoms with Gasteiger partial charge in [-0.05, 0) is 42.9 Å². The third-order valence-corrected chi connectivity index (χ3v) is 4.41. The fraction of sp³-hybridized carbons (Fsp3) is 0.533. The minimum atomic E-state index is -0.224. The molecule has 1 heterocycles. The van der Waals surface area contributed by atoms with Crippen LogP contribution in [0.3, 0.4) is 0 Å². The van der Waals surface area contributed by atoms with E-state index in [-0.39, 0.29) is 5.41 Å². The summed E-state index contributed by atoms with van der Waals surface area (Å²) in [6, 6.07) is 6.40. The van der Waals surface area contributed by atoms with Gasteiger partial charge in [0.05, 0.1) is 5.41 Å². The molecule has 0 bridgehead atoms. The number of Topliss-reactive ketones (excluding diaryl/α,β-unsaturated/α-hetero) is 1. The number of ketones is 1. The van der Waals surface area contributed by atoms with Gasteiger partial charge in [0.1, 0.15) is 5.78 Å². The molecule has 1 aromatic rings. The van der Waals surface area contributed by atoms with Gasteiger partial charge in [-0.3, -0.25) is 4.79 Å². The molecule has 1 fully saturated rings. The Morgan fingerprint density at radius 1 is 1.18 bits per heavy atom. The molecule has 0 atom stereocenters. The first-order valence-corrected chi connectivity index (χ1v) is 6.44. The van der Waals surface area contributed by atoms with Gasteiger partial charge in [-0.1, -0.05) is 18.2 Å². The fourth-order valence-electron chi connectivity index (χ4n) is 3.38. The maximum absolute atomic E-state index is 12.4. The minimum Gasteiger partial charge on any atom is -0.381 e. The van der Waals surface area contributed by atoms with Crippen molar-refractivity contribution in [2.24, 2.45) is 0 Å². The van der Waals surface area contributed by atoms with Crippen molar-refractivity contribution in [2.75, 3.05) is 13.2 Å². The number of rotatable bonds is 0. The Morgan fingerprint density at radius 3 is 2.71 bits per heavy atom. The Bertz CT molecular complexity index is 456. The van der Waals surface area contributed by atoms with Crippen LogP contribution in [0, 0.1) is 6.92 Å². The highest BCUT2D eigenvalue weighted by Crippen LogP contribution is 2.42. The quantitative estimate of drug-likeness (QED) is 0.684. The van der Waals surface area contributed by atoms with Crippen LogP contribution >= 0.6 is 0 Å². The molecular weight excluding hydrogens is 212 g/mol. The molecule has 1 saturated heterocycles. The summed E-state index contributed by atoms with van der Waals surface area (Å²) in [7, 11) is 0. The minimum absolute atomic E-state index is 0.224. The van der Waals surface area contributed by atoms with Crippen LogP contribution in [0.2, 0.25) is 0 Å². The van der Waals surface area contributed by atoms with E-state index in [0.717, 1.165) is 32.5 Å². The van der Waals surface area contributed by atoms with Gasteiger partial charge in [-0.2, -0.15) is 0 Å². The van der Waals surface area contributed by atoms with Gasteiger partial charge in [0, 0.05) is 19.6 Å². The van der Waals surface area contributed by atoms with Gasteiger partial charge in [0.2, 0.25) is 0 Å². The number of aryl methyl sites for hydroxylation is 1. The van der Waals surface area contributed by atoms with Crippen LogP contribution in [0.4, 0.5) is 0 Å². The highest BCUT2D eigenvalue weighted by atomic mass is 16.5. The van der Waals surface area contributed by atoms with Gasteiger partial charge in [-0.15, -0.1) is 0 Å². The Hall–Kier alpha value is -1.15. The predicted molar refractivity (Wildman–Crippen MR) is 66.2 cm³/mol. The maximum Gasteiger partial charge on any atom is 0.143 e. The van der Waals surface area contributed by atoms with E-state index in [0.29, 0.717) is 12.2 Å². The van der Waals surface area contributed by atoms with E-state index in [2.05, 4.69) is 25.1 Å². The lowest BCUT2D eigenvalue weighted by Gasteiger charge is -2.41. The van der Waals surface area contributed by atoms with Crippen molar-refractivity contribution in [1.29, 1.82) is 0 Å². The van der Waals surface area contributed by atoms with Crippen LogP contribution in [-0.2, 0) is 21.4 Å². The molecule has 1 spiro atoms. The highest BCUT2D eigenvalue weighted by Gasteiger charge is 2.44. The molecule has 0 aromatic heterocycles. The fourth-order valence-corrected chi connectivity index (χ4v) is 3.38. The lowest BCUT2D eigenvalue weighted by Crippen LogP contribution is -2.44. The second kappa shape index (κ2) is 3.95. The lowest BCUT2D eigenvalue weighted by molar-refractivity contribution is -0.129. The summed E-state index contributed by atoms with van der Waals surface area (Å²) in [5.41, 5.74) is 3.81. The molecule has 1 aromatic carbocycles. The first-order valence-electron chi connectivity index (χ1n) is 6.44. The third-order valence-electron chi connectivity index (χ3n) is 4.41. The Kier molecular flexibility index (Phi) is 2.55. The summed E-state index contributed by atoms with van der Waals surface area (Å²) in [5, 5.41) is 0. The van der Waals surface area contributed by atoms with Crippen LogP contribution < -0.4 is 0 Å². The van der Waals surface area contributed by atoms with E-state index in [1.165, 1.54) is 16.7 Å². The Balaban J connectivity index is 2.16. The van der Waals surface area contributed by atoms with E-state index in [1.807, 2.05) is 0 Å². The molecule has 0 radical (unpaired) electrons. The van der Waals surface area contributed by atoms with E-state index in [1.54, 1.807) is 0 Å². The van der Waals surface area contributed by atoms with Crippen LogP contribution in [0.5, 0.6) is 0 Å². The molecule has 0 saturated carbocycles. The van der Waals surface area contributed by atoms with Crippen LogP contribution in [0.25, 0.3) is 0 Å². The maximum atomic E-state index is 12.4. The van der Waals surface area contributed by atoms with Crippen LogP contribution in [0.1, 0.15) is 36.0 Å². The van der Waals surface area contributed by atoms with Crippen molar-refractivity contribution in [1.82, 2.24) is 0 Å². The van der Waals surface area contributed by atoms with Gasteiger partial charge < -0.3 is 4.74 Å². The summed E-state index contributed by atoms with van der Waals surface area (Å²) in [5.74, 6) is 0.430. The monoisotopic (exact) mass is 230 g/mol. The van der Waals surface area contributed by atoms with Gasteiger partial charge in [0.25, 0.3) is 0 Å². The zero-order valence-electron chi connectivity index (χ0n) is 10.3. The summed E-state index contributed by atoms with van der Waals surface area (Å²) in [6.07, 6.45) is 3.35. The molecule has 90 valence electrons. The van der Waals surface area contributed by atoms with Crippen molar-refractivity contribution in [3.05, 3.63) is 34.9 Å². The van der Waals surface area contributed by atoms with Crippen LogP contribution in [-0.4, -0.2) is 19.0 Å². The number of hydrogen-bond acceptors (Lipinski definition) is 2. The lowest BCUT2D eigenvalue weighted by atomic mass is 9.64. The first kappa shape index (κ1) is 11.0. The number of ether oxygens (including phenoxy) is 1. The average Bonchev–Trinajstić information content (AvgIpc) is 2.36. The summed E-state index contributed by atoms with van der Waals surface area (Å²) in [4.78, 5) is 12.4. The van der Waals surface area contributed by atoms with E-state index in [4.69, 9.17) is 4.74 Å². The molecule has 2 aliphatic rings. The number of carbonyl (C=O) groups excluding carboxylic acids is 1. The zero-order valence-corrected chi connectivity index (χ0v) is 10.3. The van der Waals surface area contributed by atoms with E-state index in [9.17, 15) is 4.79 Å². The third kappa shape index (κ3) is 1.54. The molecule has 0 N–H and O–H groups in total. The largest absolute Gasteiger partial charge is 0.381 e. The first-order chi connectivity index (χ1) is 8.24. The number of carbonyl (C=O) groups is 1. The number of benzene rings is 1. The molecule has 3 rings (SSSR count). The van der Waals surface area contributed by atoms with Crippen molar-refractivity contribution >= 4 is 5.78 Å². The molecule has 0 amide bonds. The Labute approximate surface area is 102 Å². The van der Waals surface area contributed by atoms with Gasteiger partial charge in [0.15, 0.2) is 0 Å². The molecule has 1 aliphatic carbocycles. The standard InChI is InChI=1S/C15H18O2/c1-11-3-2-4-13-12(11)5-6-14(16)15(13)7-9-17-10-8-15/h2-4H,5-10H2,1H3. The summed E-state index contributed by atoms with van der Waals surface area (Å²) >= 11 is 0. The second-order valence-corrected chi connectivity index (χ2v) is 5.22. The van der Waals surface area contributed by atoms with Gasteiger partial charge in [-0.25, -0.2) is 0 Å². The topological polar surface area (TPSA) is 26.3 Å².